The molecule has 0 aromatic heterocycles. The van der Waals surface area contributed by atoms with Crippen molar-refractivity contribution in [3.05, 3.63) is 28.5 Å². The molecule has 0 aliphatic rings. The maximum absolute atomic E-state index is 12.7. The summed E-state index contributed by atoms with van der Waals surface area (Å²) >= 11 is 5.46. The SMILES string of the molecule is Cc1cc(N)cc(Cl)c1F. The number of hydrogen-bond donors (Lipinski definition) is 1. The molecule has 1 aromatic rings. The molecule has 0 amide bonds. The summed E-state index contributed by atoms with van der Waals surface area (Å²) in [7, 11) is 0. The minimum absolute atomic E-state index is 0.0810. The largest absolute Gasteiger partial charge is 0.399 e. The van der Waals surface area contributed by atoms with E-state index in [-0.39, 0.29) is 5.02 Å². The van der Waals surface area contributed by atoms with Crippen molar-refractivity contribution in [1.82, 2.24) is 0 Å². The van der Waals surface area contributed by atoms with E-state index in [0.29, 0.717) is 11.3 Å². The minimum Gasteiger partial charge on any atom is -0.399 e. The number of nitrogen functional groups attached to an aromatic ring is 1. The van der Waals surface area contributed by atoms with Crippen LogP contribution in [0, 0.1) is 12.7 Å². The second-order valence-corrected chi connectivity index (χ2v) is 2.54. The van der Waals surface area contributed by atoms with Crippen LogP contribution in [-0.2, 0) is 0 Å². The van der Waals surface area contributed by atoms with Crippen molar-refractivity contribution in [2.45, 2.75) is 6.92 Å². The fourth-order valence-electron chi connectivity index (χ4n) is 0.753. The fourth-order valence-corrected chi connectivity index (χ4v) is 1.03. The van der Waals surface area contributed by atoms with E-state index in [9.17, 15) is 4.39 Å². The van der Waals surface area contributed by atoms with Crippen molar-refractivity contribution < 1.29 is 4.39 Å². The second kappa shape index (κ2) is 2.46. The summed E-state index contributed by atoms with van der Waals surface area (Å²) in [6, 6.07) is 2.94. The monoisotopic (exact) mass is 159 g/mol. The lowest BCUT2D eigenvalue weighted by molar-refractivity contribution is 0.619. The van der Waals surface area contributed by atoms with Gasteiger partial charge < -0.3 is 5.73 Å². The molecule has 0 atom stereocenters. The molecule has 0 bridgehead atoms. The van der Waals surface area contributed by atoms with Crippen LogP contribution in [0.2, 0.25) is 5.02 Å². The van der Waals surface area contributed by atoms with Gasteiger partial charge in [0.1, 0.15) is 5.82 Å². The van der Waals surface area contributed by atoms with Crippen LogP contribution in [0.1, 0.15) is 5.56 Å². The molecule has 0 fully saturated rings. The predicted octanol–water partition coefficient (Wildman–Crippen LogP) is 2.37. The van der Waals surface area contributed by atoms with E-state index in [1.54, 1.807) is 13.0 Å². The maximum atomic E-state index is 12.7. The molecular formula is C7H7ClFN. The van der Waals surface area contributed by atoms with Gasteiger partial charge in [-0.1, -0.05) is 11.6 Å². The van der Waals surface area contributed by atoms with Gasteiger partial charge in [-0.3, -0.25) is 0 Å². The molecular weight excluding hydrogens is 153 g/mol. The van der Waals surface area contributed by atoms with Crippen molar-refractivity contribution in [2.75, 3.05) is 5.73 Å². The zero-order chi connectivity index (χ0) is 7.72. The lowest BCUT2D eigenvalue weighted by atomic mass is 10.2. The normalized spacial score (nSPS) is 9.90. The number of halogens is 2. The molecule has 0 aliphatic heterocycles. The summed E-state index contributed by atoms with van der Waals surface area (Å²) in [6.07, 6.45) is 0. The van der Waals surface area contributed by atoms with Gasteiger partial charge in [0.15, 0.2) is 0 Å². The molecule has 54 valence electrons. The van der Waals surface area contributed by atoms with Crippen LogP contribution in [-0.4, -0.2) is 0 Å². The highest BCUT2D eigenvalue weighted by atomic mass is 35.5. The summed E-state index contributed by atoms with van der Waals surface area (Å²) in [5.74, 6) is -0.393. The first-order chi connectivity index (χ1) is 4.61. The van der Waals surface area contributed by atoms with Crippen LogP contribution in [0.4, 0.5) is 10.1 Å². The molecule has 1 nitrogen and oxygen atoms in total. The van der Waals surface area contributed by atoms with Gasteiger partial charge >= 0.3 is 0 Å². The Bertz CT molecular complexity index is 237. The Balaban J connectivity index is 3.31. The second-order valence-electron chi connectivity index (χ2n) is 2.13. The van der Waals surface area contributed by atoms with Crippen molar-refractivity contribution in [1.29, 1.82) is 0 Å². The third kappa shape index (κ3) is 1.21. The van der Waals surface area contributed by atoms with Gasteiger partial charge in [0.2, 0.25) is 0 Å². The third-order valence-corrected chi connectivity index (χ3v) is 1.51. The Morgan fingerprint density at radius 1 is 1.50 bits per heavy atom. The number of hydrogen-bond acceptors (Lipinski definition) is 1. The zero-order valence-electron chi connectivity index (χ0n) is 5.49. The first-order valence-corrected chi connectivity index (χ1v) is 3.20. The van der Waals surface area contributed by atoms with Crippen LogP contribution >= 0.6 is 11.6 Å². The highest BCUT2D eigenvalue weighted by Crippen LogP contribution is 2.20. The lowest BCUT2D eigenvalue weighted by Crippen LogP contribution is -1.89. The van der Waals surface area contributed by atoms with Gasteiger partial charge in [0, 0.05) is 5.69 Å². The average molecular weight is 160 g/mol. The number of aryl methyl sites for hydroxylation is 1. The molecule has 0 radical (unpaired) electrons. The molecule has 0 aliphatic carbocycles. The zero-order valence-corrected chi connectivity index (χ0v) is 6.24. The van der Waals surface area contributed by atoms with Crippen molar-refractivity contribution in [3.8, 4) is 0 Å². The van der Waals surface area contributed by atoms with Gasteiger partial charge in [0.25, 0.3) is 0 Å². The van der Waals surface area contributed by atoms with Gasteiger partial charge in [-0.05, 0) is 24.6 Å². The molecule has 1 aromatic carbocycles. The molecule has 0 unspecified atom stereocenters. The Morgan fingerprint density at radius 2 is 2.10 bits per heavy atom. The van der Waals surface area contributed by atoms with Crippen molar-refractivity contribution in [3.63, 3.8) is 0 Å². The maximum Gasteiger partial charge on any atom is 0.144 e. The Labute approximate surface area is 63.6 Å². The van der Waals surface area contributed by atoms with E-state index in [1.807, 2.05) is 0 Å². The third-order valence-electron chi connectivity index (χ3n) is 1.23. The van der Waals surface area contributed by atoms with Crippen molar-refractivity contribution >= 4 is 17.3 Å². The predicted molar refractivity (Wildman–Crippen MR) is 40.6 cm³/mol. The number of anilines is 1. The van der Waals surface area contributed by atoms with Crippen LogP contribution in [0.3, 0.4) is 0 Å². The van der Waals surface area contributed by atoms with Crippen molar-refractivity contribution in [2.24, 2.45) is 0 Å². The first-order valence-electron chi connectivity index (χ1n) is 2.82. The number of nitrogens with two attached hydrogens (primary N) is 1. The van der Waals surface area contributed by atoms with E-state index >= 15 is 0 Å². The van der Waals surface area contributed by atoms with Gasteiger partial charge in [-0.2, -0.15) is 0 Å². The Hall–Kier alpha value is -0.760. The number of benzene rings is 1. The quantitative estimate of drug-likeness (QED) is 0.578. The summed E-state index contributed by atoms with van der Waals surface area (Å²) in [4.78, 5) is 0. The highest BCUT2D eigenvalue weighted by molar-refractivity contribution is 6.31. The highest BCUT2D eigenvalue weighted by Gasteiger charge is 2.02. The number of rotatable bonds is 0. The molecule has 0 heterocycles. The standard InChI is InChI=1S/C7H7ClFN/c1-4-2-5(10)3-6(8)7(4)9/h2-3H,10H2,1H3. The van der Waals surface area contributed by atoms with E-state index in [4.69, 9.17) is 17.3 Å². The molecule has 2 N–H and O–H groups in total. The topological polar surface area (TPSA) is 26.0 Å². The first kappa shape index (κ1) is 7.35. The molecule has 0 saturated heterocycles. The van der Waals surface area contributed by atoms with E-state index in [2.05, 4.69) is 0 Å². The Kier molecular flexibility index (Phi) is 1.81. The average Bonchev–Trinajstić information content (AvgIpc) is 1.82. The summed E-state index contributed by atoms with van der Waals surface area (Å²) in [5, 5.41) is 0.0810. The Morgan fingerprint density at radius 3 is 2.60 bits per heavy atom. The van der Waals surface area contributed by atoms with E-state index in [1.165, 1.54) is 6.07 Å². The van der Waals surface area contributed by atoms with Crippen LogP contribution < -0.4 is 5.73 Å². The minimum atomic E-state index is -0.393. The van der Waals surface area contributed by atoms with E-state index in [0.717, 1.165) is 0 Å². The molecule has 0 saturated carbocycles. The van der Waals surface area contributed by atoms with Gasteiger partial charge in [0.05, 0.1) is 5.02 Å². The fraction of sp³-hybridized carbons (Fsp3) is 0.143. The summed E-state index contributed by atoms with van der Waals surface area (Å²) in [6.45, 7) is 1.62. The van der Waals surface area contributed by atoms with Crippen LogP contribution in [0.5, 0.6) is 0 Å². The van der Waals surface area contributed by atoms with Gasteiger partial charge in [-0.15, -0.1) is 0 Å². The lowest BCUT2D eigenvalue weighted by Gasteiger charge is -1.99. The summed E-state index contributed by atoms with van der Waals surface area (Å²) in [5.41, 5.74) is 6.34. The van der Waals surface area contributed by atoms with E-state index < -0.39 is 5.82 Å². The van der Waals surface area contributed by atoms with Crippen LogP contribution in [0.15, 0.2) is 12.1 Å². The molecule has 10 heavy (non-hydrogen) atoms. The molecule has 0 spiro atoms. The summed E-state index contributed by atoms with van der Waals surface area (Å²) < 4.78 is 12.7. The molecule has 1 rings (SSSR count). The van der Waals surface area contributed by atoms with Crippen LogP contribution in [0.25, 0.3) is 0 Å². The molecule has 3 heteroatoms. The van der Waals surface area contributed by atoms with Gasteiger partial charge in [-0.25, -0.2) is 4.39 Å². The smallest absolute Gasteiger partial charge is 0.144 e.